The Morgan fingerprint density at radius 2 is 1.86 bits per heavy atom. The van der Waals surface area contributed by atoms with Crippen LogP contribution in [0.3, 0.4) is 0 Å². The molecule has 0 fully saturated rings. The maximum Gasteiger partial charge on any atom is 0.125 e. The molecule has 2 rings (SSSR count). The number of benzene rings is 2. The van der Waals surface area contributed by atoms with Crippen molar-refractivity contribution in [3.8, 4) is 11.5 Å². The second-order valence-electron chi connectivity index (χ2n) is 5.03. The topological polar surface area (TPSA) is 38.7 Å². The lowest BCUT2D eigenvalue weighted by atomic mass is 10.0. The van der Waals surface area contributed by atoms with Crippen LogP contribution in [0.2, 0.25) is 0 Å². The standard InChI is InChI=1S/C17H19FO3/c1-11(2)21-14-6-4-5-12(9-14)17(19)15-10-13(18)7-8-16(15)20-3/h4-11,17,19H,1-3H3. The minimum absolute atomic E-state index is 0.0427. The first-order valence-electron chi connectivity index (χ1n) is 6.79. The van der Waals surface area contributed by atoms with Gasteiger partial charge in [-0.05, 0) is 49.7 Å². The van der Waals surface area contributed by atoms with Crippen molar-refractivity contribution in [2.24, 2.45) is 0 Å². The summed E-state index contributed by atoms with van der Waals surface area (Å²) in [7, 11) is 1.49. The van der Waals surface area contributed by atoms with E-state index in [9.17, 15) is 9.50 Å². The van der Waals surface area contributed by atoms with E-state index in [2.05, 4.69) is 0 Å². The lowest BCUT2D eigenvalue weighted by Crippen LogP contribution is -2.07. The average molecular weight is 290 g/mol. The summed E-state index contributed by atoms with van der Waals surface area (Å²) >= 11 is 0. The third-order valence-corrected chi connectivity index (χ3v) is 3.03. The van der Waals surface area contributed by atoms with Gasteiger partial charge < -0.3 is 14.6 Å². The van der Waals surface area contributed by atoms with E-state index >= 15 is 0 Å². The summed E-state index contributed by atoms with van der Waals surface area (Å²) < 4.78 is 24.2. The zero-order valence-electron chi connectivity index (χ0n) is 12.3. The lowest BCUT2D eigenvalue weighted by Gasteiger charge is -2.17. The van der Waals surface area contributed by atoms with Gasteiger partial charge in [-0.2, -0.15) is 0 Å². The first kappa shape index (κ1) is 15.3. The number of aliphatic hydroxyl groups is 1. The van der Waals surface area contributed by atoms with E-state index in [-0.39, 0.29) is 6.10 Å². The molecule has 112 valence electrons. The summed E-state index contributed by atoms with van der Waals surface area (Å²) in [6, 6.07) is 11.2. The van der Waals surface area contributed by atoms with E-state index in [4.69, 9.17) is 9.47 Å². The number of rotatable bonds is 5. The molecule has 0 aliphatic rings. The molecule has 0 amide bonds. The first-order chi connectivity index (χ1) is 10.0. The Labute approximate surface area is 124 Å². The van der Waals surface area contributed by atoms with Gasteiger partial charge >= 0.3 is 0 Å². The van der Waals surface area contributed by atoms with Gasteiger partial charge in [-0.3, -0.25) is 0 Å². The molecule has 4 heteroatoms. The van der Waals surface area contributed by atoms with E-state index in [1.165, 1.54) is 25.3 Å². The number of halogens is 1. The molecule has 0 spiro atoms. The lowest BCUT2D eigenvalue weighted by molar-refractivity contribution is 0.211. The fourth-order valence-corrected chi connectivity index (χ4v) is 2.13. The van der Waals surface area contributed by atoms with E-state index < -0.39 is 11.9 Å². The Hall–Kier alpha value is -2.07. The molecule has 21 heavy (non-hydrogen) atoms. The van der Waals surface area contributed by atoms with Crippen molar-refractivity contribution in [1.29, 1.82) is 0 Å². The summed E-state index contributed by atoms with van der Waals surface area (Å²) in [6.07, 6.45) is -0.938. The van der Waals surface area contributed by atoms with Gasteiger partial charge in [-0.1, -0.05) is 12.1 Å². The van der Waals surface area contributed by atoms with Crippen LogP contribution in [-0.2, 0) is 0 Å². The van der Waals surface area contributed by atoms with Crippen molar-refractivity contribution in [2.75, 3.05) is 7.11 Å². The maximum atomic E-state index is 13.4. The van der Waals surface area contributed by atoms with E-state index in [0.29, 0.717) is 22.6 Å². The Morgan fingerprint density at radius 1 is 1.10 bits per heavy atom. The van der Waals surface area contributed by atoms with Crippen LogP contribution in [-0.4, -0.2) is 18.3 Å². The van der Waals surface area contributed by atoms with Crippen LogP contribution in [0.15, 0.2) is 42.5 Å². The van der Waals surface area contributed by atoms with E-state index in [0.717, 1.165) is 0 Å². The van der Waals surface area contributed by atoms with Crippen LogP contribution in [0.1, 0.15) is 31.1 Å². The highest BCUT2D eigenvalue weighted by Gasteiger charge is 2.17. The zero-order valence-corrected chi connectivity index (χ0v) is 12.3. The summed E-state index contributed by atoms with van der Waals surface area (Å²) in [5, 5.41) is 10.5. The van der Waals surface area contributed by atoms with Gasteiger partial charge in [-0.25, -0.2) is 4.39 Å². The molecule has 0 aromatic heterocycles. The molecule has 3 nitrogen and oxygen atoms in total. The minimum atomic E-state index is -0.980. The summed E-state index contributed by atoms with van der Waals surface area (Å²) in [4.78, 5) is 0. The second kappa shape index (κ2) is 6.59. The Morgan fingerprint density at radius 3 is 2.52 bits per heavy atom. The van der Waals surface area contributed by atoms with Gasteiger partial charge in [0.25, 0.3) is 0 Å². The smallest absolute Gasteiger partial charge is 0.125 e. The number of ether oxygens (including phenoxy) is 2. The average Bonchev–Trinajstić information content (AvgIpc) is 2.46. The van der Waals surface area contributed by atoms with Crippen molar-refractivity contribution in [1.82, 2.24) is 0 Å². The van der Waals surface area contributed by atoms with Crippen molar-refractivity contribution in [3.63, 3.8) is 0 Å². The van der Waals surface area contributed by atoms with Gasteiger partial charge in [0.15, 0.2) is 0 Å². The highest BCUT2D eigenvalue weighted by molar-refractivity contribution is 5.42. The number of methoxy groups -OCH3 is 1. The van der Waals surface area contributed by atoms with Crippen molar-refractivity contribution in [3.05, 3.63) is 59.4 Å². The molecule has 0 saturated heterocycles. The summed E-state index contributed by atoms with van der Waals surface area (Å²) in [5.41, 5.74) is 1.01. The largest absolute Gasteiger partial charge is 0.496 e. The molecule has 0 radical (unpaired) electrons. The fourth-order valence-electron chi connectivity index (χ4n) is 2.13. The van der Waals surface area contributed by atoms with Crippen LogP contribution < -0.4 is 9.47 Å². The van der Waals surface area contributed by atoms with Gasteiger partial charge in [0.05, 0.1) is 13.2 Å². The first-order valence-corrected chi connectivity index (χ1v) is 6.79. The third-order valence-electron chi connectivity index (χ3n) is 3.03. The van der Waals surface area contributed by atoms with Gasteiger partial charge in [-0.15, -0.1) is 0 Å². The van der Waals surface area contributed by atoms with Gasteiger partial charge in [0.2, 0.25) is 0 Å². The minimum Gasteiger partial charge on any atom is -0.496 e. The number of hydrogen-bond donors (Lipinski definition) is 1. The third kappa shape index (κ3) is 3.73. The highest BCUT2D eigenvalue weighted by atomic mass is 19.1. The van der Waals surface area contributed by atoms with Crippen molar-refractivity contribution >= 4 is 0 Å². The predicted octanol–water partition coefficient (Wildman–Crippen LogP) is 3.70. The molecule has 0 aliphatic heterocycles. The van der Waals surface area contributed by atoms with Crippen LogP contribution in [0, 0.1) is 5.82 Å². The second-order valence-corrected chi connectivity index (χ2v) is 5.03. The molecule has 1 unspecified atom stereocenters. The van der Waals surface area contributed by atoms with Crippen molar-refractivity contribution in [2.45, 2.75) is 26.1 Å². The predicted molar refractivity (Wildman–Crippen MR) is 79.2 cm³/mol. The Kier molecular flexibility index (Phi) is 4.81. The monoisotopic (exact) mass is 290 g/mol. The van der Waals surface area contributed by atoms with Crippen LogP contribution in [0.4, 0.5) is 4.39 Å². The molecule has 1 N–H and O–H groups in total. The van der Waals surface area contributed by atoms with Crippen molar-refractivity contribution < 1.29 is 19.0 Å². The van der Waals surface area contributed by atoms with Crippen LogP contribution in [0.25, 0.3) is 0 Å². The summed E-state index contributed by atoms with van der Waals surface area (Å²) in [6.45, 7) is 3.86. The zero-order chi connectivity index (χ0) is 15.4. The molecule has 2 aromatic carbocycles. The molecule has 0 saturated carbocycles. The summed E-state index contributed by atoms with van der Waals surface area (Å²) in [5.74, 6) is 0.690. The number of aliphatic hydroxyl groups excluding tert-OH is 1. The molecular weight excluding hydrogens is 271 g/mol. The number of hydrogen-bond acceptors (Lipinski definition) is 3. The molecule has 0 bridgehead atoms. The van der Waals surface area contributed by atoms with E-state index in [1.54, 1.807) is 18.2 Å². The van der Waals surface area contributed by atoms with Gasteiger partial charge in [0, 0.05) is 5.56 Å². The SMILES string of the molecule is COc1ccc(F)cc1C(O)c1cccc(OC(C)C)c1. The van der Waals surface area contributed by atoms with Crippen LogP contribution >= 0.6 is 0 Å². The Balaban J connectivity index is 2.35. The molecule has 0 heterocycles. The molecule has 2 aromatic rings. The highest BCUT2D eigenvalue weighted by Crippen LogP contribution is 2.32. The van der Waals surface area contributed by atoms with Gasteiger partial charge in [0.1, 0.15) is 23.4 Å². The molecular formula is C17H19FO3. The molecule has 0 aliphatic carbocycles. The van der Waals surface area contributed by atoms with E-state index in [1.807, 2.05) is 19.9 Å². The normalized spacial score (nSPS) is 12.3. The quantitative estimate of drug-likeness (QED) is 0.912. The fraction of sp³-hybridized carbons (Fsp3) is 0.294. The molecule has 1 atom stereocenters. The van der Waals surface area contributed by atoms with Crippen LogP contribution in [0.5, 0.6) is 11.5 Å². The maximum absolute atomic E-state index is 13.4. The Bertz CT molecular complexity index is 611.